The predicted molar refractivity (Wildman–Crippen MR) is 59.8 cm³/mol. The monoisotopic (exact) mass is 214 g/mol. The summed E-state index contributed by atoms with van der Waals surface area (Å²) in [5.41, 5.74) is 0. The maximum Gasteiger partial charge on any atom is 0.222 e. The van der Waals surface area contributed by atoms with Gasteiger partial charge in [0.15, 0.2) is 0 Å². The molecular formula is C11H22N2O2. The molecule has 88 valence electrons. The molecule has 0 spiro atoms. The number of amides is 1. The molecule has 0 saturated carbocycles. The van der Waals surface area contributed by atoms with E-state index in [2.05, 4.69) is 5.32 Å². The molecule has 1 aliphatic rings. The third-order valence-electron chi connectivity index (χ3n) is 2.83. The molecule has 0 aromatic rings. The second-order valence-corrected chi connectivity index (χ2v) is 3.91. The molecule has 1 heterocycles. The number of nitrogens with zero attached hydrogens (tertiary/aromatic N) is 1. The minimum Gasteiger partial charge on any atom is -0.382 e. The van der Waals surface area contributed by atoms with Crippen LogP contribution in [0.5, 0.6) is 0 Å². The molecule has 1 atom stereocenters. The highest BCUT2D eigenvalue weighted by molar-refractivity contribution is 5.76. The van der Waals surface area contributed by atoms with Gasteiger partial charge >= 0.3 is 0 Å². The third kappa shape index (κ3) is 4.18. The molecule has 4 heteroatoms. The van der Waals surface area contributed by atoms with Gasteiger partial charge in [0.2, 0.25) is 5.91 Å². The van der Waals surface area contributed by atoms with Crippen LogP contribution in [-0.2, 0) is 9.53 Å². The standard InChI is InChI=1S/C11H22N2O2/c1-3-15-8-4-5-11(14)13-7-6-10(9-13)12-2/h10,12H,3-9H2,1-2H3. The van der Waals surface area contributed by atoms with Crippen LogP contribution in [0, 0.1) is 0 Å². The van der Waals surface area contributed by atoms with Crippen LogP contribution in [0.1, 0.15) is 26.2 Å². The van der Waals surface area contributed by atoms with Crippen molar-refractivity contribution in [2.45, 2.75) is 32.2 Å². The Morgan fingerprint density at radius 2 is 2.40 bits per heavy atom. The lowest BCUT2D eigenvalue weighted by molar-refractivity contribution is -0.130. The van der Waals surface area contributed by atoms with Crippen molar-refractivity contribution in [3.05, 3.63) is 0 Å². The zero-order valence-electron chi connectivity index (χ0n) is 9.79. The van der Waals surface area contributed by atoms with Gasteiger partial charge in [-0.15, -0.1) is 0 Å². The van der Waals surface area contributed by atoms with Crippen LogP contribution in [0.15, 0.2) is 0 Å². The van der Waals surface area contributed by atoms with E-state index in [0.717, 1.165) is 32.5 Å². The van der Waals surface area contributed by atoms with Gasteiger partial charge in [0.1, 0.15) is 0 Å². The Morgan fingerprint density at radius 1 is 1.60 bits per heavy atom. The van der Waals surface area contributed by atoms with E-state index in [1.54, 1.807) is 0 Å². The van der Waals surface area contributed by atoms with Crippen molar-refractivity contribution >= 4 is 5.91 Å². The molecule has 1 unspecified atom stereocenters. The van der Waals surface area contributed by atoms with Crippen LogP contribution in [-0.4, -0.2) is 50.2 Å². The number of likely N-dealkylation sites (tertiary alicyclic amines) is 1. The number of ether oxygens (including phenoxy) is 1. The highest BCUT2D eigenvalue weighted by atomic mass is 16.5. The molecular weight excluding hydrogens is 192 g/mol. The fraction of sp³-hybridized carbons (Fsp3) is 0.909. The van der Waals surface area contributed by atoms with Crippen molar-refractivity contribution in [2.24, 2.45) is 0 Å². The van der Waals surface area contributed by atoms with Crippen molar-refractivity contribution in [3.8, 4) is 0 Å². The van der Waals surface area contributed by atoms with Crippen molar-refractivity contribution < 1.29 is 9.53 Å². The quantitative estimate of drug-likeness (QED) is 0.659. The number of nitrogens with one attached hydrogen (secondary N) is 1. The first-order valence-electron chi connectivity index (χ1n) is 5.80. The molecule has 0 bridgehead atoms. The van der Waals surface area contributed by atoms with E-state index in [1.807, 2.05) is 18.9 Å². The summed E-state index contributed by atoms with van der Waals surface area (Å²) in [5.74, 6) is 0.271. The van der Waals surface area contributed by atoms with E-state index in [1.165, 1.54) is 0 Å². The van der Waals surface area contributed by atoms with Crippen LogP contribution in [0.3, 0.4) is 0 Å². The minimum atomic E-state index is 0.271. The highest BCUT2D eigenvalue weighted by Crippen LogP contribution is 2.10. The number of likely N-dealkylation sites (N-methyl/N-ethyl adjacent to an activating group) is 1. The van der Waals surface area contributed by atoms with Gasteiger partial charge in [0.25, 0.3) is 0 Å². The Hall–Kier alpha value is -0.610. The number of carbonyl (C=O) groups is 1. The summed E-state index contributed by atoms with van der Waals surface area (Å²) in [7, 11) is 1.95. The maximum absolute atomic E-state index is 11.7. The zero-order valence-corrected chi connectivity index (χ0v) is 9.79. The van der Waals surface area contributed by atoms with Crippen LogP contribution in [0.2, 0.25) is 0 Å². The first kappa shape index (κ1) is 12.5. The molecule has 4 nitrogen and oxygen atoms in total. The van der Waals surface area contributed by atoms with Crippen molar-refractivity contribution in [3.63, 3.8) is 0 Å². The molecule has 1 aliphatic heterocycles. The van der Waals surface area contributed by atoms with Crippen LogP contribution < -0.4 is 5.32 Å². The summed E-state index contributed by atoms with van der Waals surface area (Å²) in [5, 5.41) is 3.21. The van der Waals surface area contributed by atoms with Gasteiger partial charge in [-0.3, -0.25) is 4.79 Å². The zero-order chi connectivity index (χ0) is 11.1. The van der Waals surface area contributed by atoms with Gasteiger partial charge in [0.05, 0.1) is 0 Å². The van der Waals surface area contributed by atoms with E-state index in [-0.39, 0.29) is 5.91 Å². The molecule has 0 aromatic carbocycles. The Balaban J connectivity index is 2.12. The Morgan fingerprint density at radius 3 is 3.00 bits per heavy atom. The fourth-order valence-corrected chi connectivity index (χ4v) is 1.85. The molecule has 0 aliphatic carbocycles. The summed E-state index contributed by atoms with van der Waals surface area (Å²) >= 11 is 0. The summed E-state index contributed by atoms with van der Waals surface area (Å²) in [4.78, 5) is 13.7. The summed E-state index contributed by atoms with van der Waals surface area (Å²) in [6, 6.07) is 0.487. The Labute approximate surface area is 92.0 Å². The molecule has 1 N–H and O–H groups in total. The minimum absolute atomic E-state index is 0.271. The van der Waals surface area contributed by atoms with Crippen molar-refractivity contribution in [1.29, 1.82) is 0 Å². The largest absolute Gasteiger partial charge is 0.382 e. The first-order valence-corrected chi connectivity index (χ1v) is 5.80. The van der Waals surface area contributed by atoms with Gasteiger partial charge in [-0.2, -0.15) is 0 Å². The first-order chi connectivity index (χ1) is 7.27. The number of hydrogen-bond donors (Lipinski definition) is 1. The topological polar surface area (TPSA) is 41.6 Å². The van der Waals surface area contributed by atoms with E-state index >= 15 is 0 Å². The van der Waals surface area contributed by atoms with Gasteiger partial charge in [-0.1, -0.05) is 0 Å². The van der Waals surface area contributed by atoms with Crippen molar-refractivity contribution in [2.75, 3.05) is 33.4 Å². The fourth-order valence-electron chi connectivity index (χ4n) is 1.85. The maximum atomic E-state index is 11.7. The Kier molecular flexibility index (Phi) is 5.65. The Bertz CT molecular complexity index is 197. The molecule has 15 heavy (non-hydrogen) atoms. The lowest BCUT2D eigenvalue weighted by atomic mass is 10.3. The number of rotatable bonds is 6. The average Bonchev–Trinajstić information content (AvgIpc) is 2.72. The second kappa shape index (κ2) is 6.80. The number of hydrogen-bond acceptors (Lipinski definition) is 3. The molecule has 1 saturated heterocycles. The van der Waals surface area contributed by atoms with E-state index in [4.69, 9.17) is 4.74 Å². The van der Waals surface area contributed by atoms with Crippen LogP contribution in [0.4, 0.5) is 0 Å². The lowest BCUT2D eigenvalue weighted by Gasteiger charge is -2.16. The predicted octanol–water partition coefficient (Wildman–Crippen LogP) is 0.623. The number of carbonyl (C=O) groups excluding carboxylic acids is 1. The molecule has 0 aromatic heterocycles. The van der Waals surface area contributed by atoms with E-state index in [0.29, 0.717) is 19.1 Å². The van der Waals surface area contributed by atoms with Gasteiger partial charge < -0.3 is 15.0 Å². The summed E-state index contributed by atoms with van der Waals surface area (Å²) < 4.78 is 5.21. The summed E-state index contributed by atoms with van der Waals surface area (Å²) in [6.45, 7) is 5.17. The van der Waals surface area contributed by atoms with E-state index in [9.17, 15) is 4.79 Å². The van der Waals surface area contributed by atoms with Gasteiger partial charge in [0, 0.05) is 38.8 Å². The molecule has 1 rings (SSSR count). The third-order valence-corrected chi connectivity index (χ3v) is 2.83. The normalized spacial score (nSPS) is 20.9. The molecule has 1 amide bonds. The van der Waals surface area contributed by atoms with Gasteiger partial charge in [-0.05, 0) is 26.8 Å². The second-order valence-electron chi connectivity index (χ2n) is 3.91. The lowest BCUT2D eigenvalue weighted by Crippen LogP contribution is -2.33. The van der Waals surface area contributed by atoms with Crippen LogP contribution in [0.25, 0.3) is 0 Å². The highest BCUT2D eigenvalue weighted by Gasteiger charge is 2.24. The van der Waals surface area contributed by atoms with Gasteiger partial charge in [-0.25, -0.2) is 0 Å². The van der Waals surface area contributed by atoms with E-state index < -0.39 is 0 Å². The smallest absolute Gasteiger partial charge is 0.222 e. The molecule has 1 fully saturated rings. The van der Waals surface area contributed by atoms with Crippen LogP contribution >= 0.6 is 0 Å². The average molecular weight is 214 g/mol. The summed E-state index contributed by atoms with van der Waals surface area (Å²) in [6.07, 6.45) is 2.54. The SMILES string of the molecule is CCOCCCC(=O)N1CCC(NC)C1. The molecule has 0 radical (unpaired) electrons. The van der Waals surface area contributed by atoms with Crippen molar-refractivity contribution in [1.82, 2.24) is 10.2 Å².